The first-order chi connectivity index (χ1) is 21.3. The zero-order valence-electron chi connectivity index (χ0n) is 27.7. The number of allylic oxidation sites excluding steroid dienone is 4. The molecule has 0 unspecified atom stereocenters. The van der Waals surface area contributed by atoms with Gasteiger partial charge in [-0.25, -0.2) is 4.79 Å². The second-order valence-corrected chi connectivity index (χ2v) is 14.0. The molecule has 0 radical (unpaired) electrons. The maximum Gasteiger partial charge on any atom is 0.433 e. The van der Waals surface area contributed by atoms with Crippen molar-refractivity contribution in [3.05, 3.63) is 47.1 Å². The molecular weight excluding hydrogens is 576 g/mol. The van der Waals surface area contributed by atoms with E-state index in [4.69, 9.17) is 23.8 Å². The fraction of sp³-hybridized carbons (Fsp3) is 0.686. The lowest BCUT2D eigenvalue weighted by Gasteiger charge is -2.50. The van der Waals surface area contributed by atoms with E-state index in [0.717, 1.165) is 19.3 Å². The van der Waals surface area contributed by atoms with Gasteiger partial charge in [-0.15, -0.1) is 0 Å². The van der Waals surface area contributed by atoms with Crippen molar-refractivity contribution in [3.63, 3.8) is 0 Å². The smallest absolute Gasteiger partial charge is 0.433 e. The maximum atomic E-state index is 14.2. The van der Waals surface area contributed by atoms with Crippen molar-refractivity contribution in [1.29, 1.82) is 0 Å². The fourth-order valence-electron chi connectivity index (χ4n) is 7.60. The SMILES string of the molecule is CNC(=O)O/N=C1\C(C)=C[C@H]2C(=O)O[C@H]3C[C@@H](C/C=C(\C)C[C@@H](C)/C=C/C=C4\CO[C@H]1[C@@]42O)O[C@@]1(CC[C@H](C)[C@@H](C(C)C)O1)C3. The van der Waals surface area contributed by atoms with E-state index in [9.17, 15) is 14.7 Å². The molecule has 248 valence electrons. The van der Waals surface area contributed by atoms with E-state index < -0.39 is 41.6 Å². The minimum atomic E-state index is -1.79. The highest BCUT2D eigenvalue weighted by atomic mass is 16.7. The molecule has 3 saturated heterocycles. The minimum Gasteiger partial charge on any atom is -0.462 e. The van der Waals surface area contributed by atoms with Gasteiger partial charge in [0.1, 0.15) is 29.4 Å². The summed E-state index contributed by atoms with van der Waals surface area (Å²) in [7, 11) is 1.43. The summed E-state index contributed by atoms with van der Waals surface area (Å²) in [6.07, 6.45) is 11.5. The van der Waals surface area contributed by atoms with Gasteiger partial charge in [0.25, 0.3) is 0 Å². The van der Waals surface area contributed by atoms with Gasteiger partial charge in [-0.1, -0.05) is 68.8 Å². The topological polar surface area (TPSA) is 125 Å². The monoisotopic (exact) mass is 626 g/mol. The van der Waals surface area contributed by atoms with E-state index in [-0.39, 0.29) is 30.4 Å². The molecule has 0 aromatic carbocycles. The number of rotatable bonds is 2. The first kappa shape index (κ1) is 33.6. The molecule has 5 rings (SSSR count). The number of carbonyl (C=O) groups excluding carboxylic acids is 2. The Bertz CT molecular complexity index is 1300. The number of ether oxygens (including phenoxy) is 4. The van der Waals surface area contributed by atoms with Crippen molar-refractivity contribution >= 4 is 17.8 Å². The third-order valence-electron chi connectivity index (χ3n) is 9.94. The molecule has 10 nitrogen and oxygen atoms in total. The van der Waals surface area contributed by atoms with Crippen LogP contribution in [-0.4, -0.2) is 72.3 Å². The van der Waals surface area contributed by atoms with Crippen LogP contribution in [0.4, 0.5) is 4.79 Å². The van der Waals surface area contributed by atoms with Crippen molar-refractivity contribution in [2.24, 2.45) is 28.8 Å². The van der Waals surface area contributed by atoms with Gasteiger partial charge in [0, 0.05) is 26.3 Å². The molecule has 0 aromatic heterocycles. The molecular formula is C35H50N2O8. The predicted octanol–water partition coefficient (Wildman–Crippen LogP) is 5.52. The lowest BCUT2D eigenvalue weighted by Crippen LogP contribution is -2.57. The average Bonchev–Trinajstić information content (AvgIpc) is 3.32. The Balaban J connectivity index is 1.53. The summed E-state index contributed by atoms with van der Waals surface area (Å²) in [4.78, 5) is 31.0. The van der Waals surface area contributed by atoms with Crippen molar-refractivity contribution < 1.29 is 38.5 Å². The van der Waals surface area contributed by atoms with Crippen LogP contribution in [0, 0.1) is 23.7 Å². The second-order valence-electron chi connectivity index (χ2n) is 14.0. The number of fused-ring (bicyclic) bond motifs is 2. The molecule has 3 fully saturated rings. The third kappa shape index (κ3) is 6.99. The Morgan fingerprint density at radius 3 is 2.71 bits per heavy atom. The standard InChI is InChI=1S/C35H50N2O8/c1-20(2)30-23(5)13-14-34(44-30)18-27-17-26(43-34)12-11-22(4)15-21(3)9-8-10-25-19-41-31-29(37-45-33(39)36-7)24(6)16-28(32(38)42-27)35(25,31)40/h8-11,16,20-21,23,26-28,30-31,40H,12-15,17-19H2,1-7H3,(H,36,39)/b9-8+,22-11+,25-10+,37-29+/t21-,23-,26+,27-,28-,30+,31+,34+,35+/m0/s1. The van der Waals surface area contributed by atoms with Crippen molar-refractivity contribution in [3.8, 4) is 0 Å². The largest absolute Gasteiger partial charge is 0.462 e. The summed E-state index contributed by atoms with van der Waals surface area (Å²) < 4.78 is 25.9. The van der Waals surface area contributed by atoms with E-state index in [2.05, 4.69) is 57.2 Å². The maximum absolute atomic E-state index is 14.2. The van der Waals surface area contributed by atoms with Gasteiger partial charge in [-0.3, -0.25) is 9.63 Å². The van der Waals surface area contributed by atoms with Gasteiger partial charge in [0.05, 0.1) is 18.8 Å². The molecule has 45 heavy (non-hydrogen) atoms. The van der Waals surface area contributed by atoms with E-state index in [1.165, 1.54) is 12.6 Å². The number of hydrogen-bond donors (Lipinski definition) is 2. The molecule has 2 N–H and O–H groups in total. The summed E-state index contributed by atoms with van der Waals surface area (Å²) in [5.41, 5.74) is 0.801. The van der Waals surface area contributed by atoms with Gasteiger partial charge in [0.2, 0.25) is 0 Å². The fourth-order valence-corrected chi connectivity index (χ4v) is 7.60. The number of oxime groups is 1. The van der Waals surface area contributed by atoms with Crippen LogP contribution in [0.25, 0.3) is 0 Å². The Hall–Kier alpha value is -2.79. The molecule has 2 bridgehead atoms. The normalized spacial score (nSPS) is 43.0. The molecule has 5 aliphatic rings. The lowest BCUT2D eigenvalue weighted by molar-refractivity contribution is -0.340. The van der Waals surface area contributed by atoms with Crippen LogP contribution in [0.5, 0.6) is 0 Å². The number of hydrogen-bond acceptors (Lipinski definition) is 9. The predicted molar refractivity (Wildman–Crippen MR) is 169 cm³/mol. The minimum absolute atomic E-state index is 0.0417. The highest BCUT2D eigenvalue weighted by molar-refractivity contribution is 6.07. The summed E-state index contributed by atoms with van der Waals surface area (Å²) in [5, 5.41) is 18.8. The molecule has 0 aromatic rings. The third-order valence-corrected chi connectivity index (χ3v) is 9.94. The van der Waals surface area contributed by atoms with Crippen molar-refractivity contribution in [2.75, 3.05) is 13.7 Å². The van der Waals surface area contributed by atoms with Crippen LogP contribution in [0.1, 0.15) is 80.1 Å². The Kier molecular flexibility index (Phi) is 10.1. The Labute approximate surface area is 266 Å². The van der Waals surface area contributed by atoms with Crippen LogP contribution < -0.4 is 5.32 Å². The Morgan fingerprint density at radius 2 is 1.98 bits per heavy atom. The Morgan fingerprint density at radius 1 is 1.20 bits per heavy atom. The zero-order valence-corrected chi connectivity index (χ0v) is 27.7. The zero-order chi connectivity index (χ0) is 32.5. The van der Waals surface area contributed by atoms with Gasteiger partial charge in [-0.2, -0.15) is 0 Å². The molecule has 4 aliphatic heterocycles. The summed E-state index contributed by atoms with van der Waals surface area (Å²) in [5.74, 6) is -1.49. The number of nitrogens with one attached hydrogen (secondary N) is 1. The summed E-state index contributed by atoms with van der Waals surface area (Å²) in [6, 6.07) is 0. The highest BCUT2D eigenvalue weighted by Gasteiger charge is 2.60. The van der Waals surface area contributed by atoms with Crippen molar-refractivity contribution in [1.82, 2.24) is 5.32 Å². The molecule has 1 amide bonds. The number of esters is 1. The molecule has 10 heteroatoms. The first-order valence-electron chi connectivity index (χ1n) is 16.4. The first-order valence-corrected chi connectivity index (χ1v) is 16.4. The molecule has 9 atom stereocenters. The van der Waals surface area contributed by atoms with Crippen LogP contribution in [0.15, 0.2) is 52.3 Å². The highest BCUT2D eigenvalue weighted by Crippen LogP contribution is 2.47. The van der Waals surface area contributed by atoms with Crippen LogP contribution >= 0.6 is 0 Å². The van der Waals surface area contributed by atoms with E-state index in [1.807, 2.05) is 12.2 Å². The summed E-state index contributed by atoms with van der Waals surface area (Å²) in [6.45, 7) is 12.7. The molecule has 0 saturated carbocycles. The van der Waals surface area contributed by atoms with Crippen LogP contribution in [0.2, 0.25) is 0 Å². The van der Waals surface area contributed by atoms with E-state index >= 15 is 0 Å². The van der Waals surface area contributed by atoms with Crippen LogP contribution in [0.3, 0.4) is 0 Å². The van der Waals surface area contributed by atoms with Crippen molar-refractivity contribution in [2.45, 2.75) is 116 Å². The lowest BCUT2D eigenvalue weighted by atomic mass is 9.71. The van der Waals surface area contributed by atoms with Gasteiger partial charge >= 0.3 is 12.1 Å². The summed E-state index contributed by atoms with van der Waals surface area (Å²) >= 11 is 0. The van der Waals surface area contributed by atoms with Gasteiger partial charge < -0.3 is 29.4 Å². The van der Waals surface area contributed by atoms with E-state index in [0.29, 0.717) is 42.2 Å². The number of aliphatic hydroxyl groups is 1. The van der Waals surface area contributed by atoms with Gasteiger partial charge in [-0.05, 0) is 62.0 Å². The average molecular weight is 627 g/mol. The number of nitrogens with zero attached hydrogens (tertiary/aromatic N) is 1. The second kappa shape index (κ2) is 13.5. The molecule has 4 heterocycles. The molecule has 1 spiro atoms. The molecule has 1 aliphatic carbocycles. The quantitative estimate of drug-likeness (QED) is 0.178. The number of amides is 1. The van der Waals surface area contributed by atoms with Gasteiger partial charge in [0.15, 0.2) is 5.79 Å². The van der Waals surface area contributed by atoms with Crippen LogP contribution in [-0.2, 0) is 28.6 Å². The van der Waals surface area contributed by atoms with E-state index in [1.54, 1.807) is 13.0 Å². The number of carbonyl (C=O) groups is 2.